The maximum absolute atomic E-state index is 6.47. The number of ether oxygens (including phenoxy) is 9. The summed E-state index contributed by atoms with van der Waals surface area (Å²) in [5.41, 5.74) is 1.80. The fraction of sp³-hybridized carbons (Fsp3) is 0.714. The predicted octanol–water partition coefficient (Wildman–Crippen LogP) is 3.26. The first-order chi connectivity index (χ1) is 15.6. The van der Waals surface area contributed by atoms with Crippen LogP contribution in [0.4, 0.5) is 0 Å². The second-order valence-corrected chi connectivity index (χ2v) is 7.94. The fourth-order valence-corrected chi connectivity index (χ4v) is 4.26. The van der Waals surface area contributed by atoms with Crippen LogP contribution in [0.3, 0.4) is 0 Å². The van der Waals surface area contributed by atoms with E-state index in [0.717, 1.165) is 11.1 Å². The lowest BCUT2D eigenvalue weighted by molar-refractivity contribution is -0.299. The molecule has 1 aromatic carbocycles. The molecule has 0 bridgehead atoms. The lowest BCUT2D eigenvalue weighted by Crippen LogP contribution is -2.58. The van der Waals surface area contributed by atoms with E-state index in [1.165, 1.54) is 0 Å². The predicted molar refractivity (Wildman–Crippen MR) is 120 cm³/mol. The van der Waals surface area contributed by atoms with Gasteiger partial charge in [0.15, 0.2) is 0 Å². The molecule has 1 saturated heterocycles. The van der Waals surface area contributed by atoms with E-state index >= 15 is 0 Å². The highest BCUT2D eigenvalue weighted by molar-refractivity contribution is 9.08. The summed E-state index contributed by atoms with van der Waals surface area (Å²) < 4.78 is 50.6. The number of rotatable bonds is 15. The molecule has 9 nitrogen and oxygen atoms in total. The van der Waals surface area contributed by atoms with Crippen molar-refractivity contribution in [2.75, 3.05) is 62.2 Å². The molecule has 1 aromatic rings. The molecule has 32 heavy (non-hydrogen) atoms. The summed E-state index contributed by atoms with van der Waals surface area (Å²) in [5.74, 6) is 0. The highest BCUT2D eigenvalue weighted by atomic mass is 79.9. The molecule has 1 aliphatic heterocycles. The van der Waals surface area contributed by atoms with Crippen LogP contribution in [-0.2, 0) is 48.0 Å². The number of alkyl halides is 1. The molecule has 0 N–H and O–H groups in total. The minimum absolute atomic E-state index is 0.0377. The summed E-state index contributed by atoms with van der Waals surface area (Å²) >= 11 is 9.79. The lowest BCUT2D eigenvalue weighted by Gasteiger charge is -2.46. The third-order valence-corrected chi connectivity index (χ3v) is 5.77. The quantitative estimate of drug-likeness (QED) is 0.188. The van der Waals surface area contributed by atoms with Gasteiger partial charge in [-0.05, 0) is 17.2 Å². The van der Waals surface area contributed by atoms with Crippen LogP contribution in [-0.4, -0.2) is 86.6 Å². The molecule has 2 unspecified atom stereocenters. The second-order valence-electron chi connectivity index (χ2n) is 6.97. The van der Waals surface area contributed by atoms with Gasteiger partial charge in [-0.2, -0.15) is 0 Å². The van der Waals surface area contributed by atoms with Crippen molar-refractivity contribution in [3.63, 3.8) is 0 Å². The number of hydrogen-bond acceptors (Lipinski definition) is 9. The molecular weight excluding hydrogens is 512 g/mol. The van der Waals surface area contributed by atoms with Gasteiger partial charge in [0.2, 0.25) is 0 Å². The van der Waals surface area contributed by atoms with Crippen molar-refractivity contribution < 1.29 is 42.6 Å². The Morgan fingerprint density at radius 3 is 2.03 bits per heavy atom. The summed E-state index contributed by atoms with van der Waals surface area (Å²) in [7, 11) is 6.20. The van der Waals surface area contributed by atoms with Crippen LogP contribution in [0.2, 0.25) is 5.02 Å². The van der Waals surface area contributed by atoms with Crippen LogP contribution >= 0.6 is 27.5 Å². The maximum atomic E-state index is 6.47. The van der Waals surface area contributed by atoms with Crippen LogP contribution in [0.5, 0.6) is 0 Å². The van der Waals surface area contributed by atoms with Gasteiger partial charge in [-0.3, -0.25) is 0 Å². The third-order valence-electron chi connectivity index (χ3n) is 4.79. The average Bonchev–Trinajstić information content (AvgIpc) is 2.81. The monoisotopic (exact) mass is 542 g/mol. The van der Waals surface area contributed by atoms with Crippen molar-refractivity contribution in [3.05, 3.63) is 34.3 Å². The van der Waals surface area contributed by atoms with Crippen LogP contribution < -0.4 is 0 Å². The van der Waals surface area contributed by atoms with Gasteiger partial charge in [-0.25, -0.2) is 0 Å². The van der Waals surface area contributed by atoms with Crippen LogP contribution in [0.25, 0.3) is 0 Å². The number of halogens is 2. The molecule has 0 radical (unpaired) electrons. The van der Waals surface area contributed by atoms with Crippen molar-refractivity contribution >= 4 is 27.5 Å². The highest BCUT2D eigenvalue weighted by Crippen LogP contribution is 2.38. The van der Waals surface area contributed by atoms with Gasteiger partial charge in [0.05, 0.1) is 6.61 Å². The Bertz CT molecular complexity index is 654. The van der Waals surface area contributed by atoms with E-state index in [9.17, 15) is 0 Å². The summed E-state index contributed by atoms with van der Waals surface area (Å²) in [4.78, 5) is 0. The van der Waals surface area contributed by atoms with E-state index in [1.54, 1.807) is 28.4 Å². The van der Waals surface area contributed by atoms with Crippen molar-refractivity contribution in [2.24, 2.45) is 0 Å². The SMILES string of the molecule is COCOCC1O[C@@H](c2ccc(Cl)c(CBr)c2)[C@@H](OCOC)C(OCOC)[C@@H]1OCOC. The van der Waals surface area contributed by atoms with E-state index in [0.29, 0.717) is 10.4 Å². The van der Waals surface area contributed by atoms with Crippen molar-refractivity contribution in [1.29, 1.82) is 0 Å². The standard InChI is InChI=1S/C21H32BrClO9/c1-24-10-28-9-17-19(29-11-25-2)21(31-13-27-4)20(30-12-26-3)18(32-17)14-5-6-16(23)15(7-14)8-22/h5-7,17-21H,8-13H2,1-4H3/t17?,18-,19+,20+,21?/m0/s1. The van der Waals surface area contributed by atoms with Gasteiger partial charge in [0, 0.05) is 38.8 Å². The Labute approximate surface area is 202 Å². The Kier molecular flexibility index (Phi) is 13.5. The van der Waals surface area contributed by atoms with E-state index in [-0.39, 0.29) is 33.8 Å². The minimum Gasteiger partial charge on any atom is -0.362 e. The number of methoxy groups -OCH3 is 4. The van der Waals surface area contributed by atoms with Crippen molar-refractivity contribution in [3.8, 4) is 0 Å². The third kappa shape index (κ3) is 7.85. The number of benzene rings is 1. The molecule has 0 saturated carbocycles. The molecule has 184 valence electrons. The van der Waals surface area contributed by atoms with Crippen molar-refractivity contribution in [1.82, 2.24) is 0 Å². The van der Waals surface area contributed by atoms with E-state index in [4.69, 9.17) is 54.2 Å². The number of hydrogen-bond donors (Lipinski definition) is 0. The molecule has 5 atom stereocenters. The molecule has 1 aliphatic rings. The van der Waals surface area contributed by atoms with E-state index in [2.05, 4.69) is 15.9 Å². The van der Waals surface area contributed by atoms with Gasteiger partial charge in [-0.1, -0.05) is 39.7 Å². The Morgan fingerprint density at radius 2 is 1.44 bits per heavy atom. The summed E-state index contributed by atoms with van der Waals surface area (Å²) in [6, 6.07) is 5.71. The fourth-order valence-electron chi connectivity index (χ4n) is 3.45. The van der Waals surface area contributed by atoms with Gasteiger partial charge < -0.3 is 42.6 Å². The Balaban J connectivity index is 2.43. The highest BCUT2D eigenvalue weighted by Gasteiger charge is 2.49. The summed E-state index contributed by atoms with van der Waals surface area (Å²) in [6.07, 6.45) is -2.73. The zero-order valence-corrected chi connectivity index (χ0v) is 21.1. The largest absolute Gasteiger partial charge is 0.362 e. The minimum atomic E-state index is -0.574. The molecule has 0 aliphatic carbocycles. The average molecular weight is 544 g/mol. The molecular formula is C21H32BrClO9. The van der Waals surface area contributed by atoms with Gasteiger partial charge in [0.25, 0.3) is 0 Å². The van der Waals surface area contributed by atoms with Crippen LogP contribution in [0, 0.1) is 0 Å². The van der Waals surface area contributed by atoms with E-state index in [1.807, 2.05) is 18.2 Å². The van der Waals surface area contributed by atoms with E-state index < -0.39 is 30.5 Å². The molecule has 1 heterocycles. The normalized spacial score (nSPS) is 25.9. The van der Waals surface area contributed by atoms with Crippen LogP contribution in [0.1, 0.15) is 17.2 Å². The topological polar surface area (TPSA) is 83.1 Å². The molecule has 11 heteroatoms. The zero-order valence-electron chi connectivity index (χ0n) is 18.8. The Hall–Kier alpha value is -0.370. The maximum Gasteiger partial charge on any atom is 0.146 e. The van der Waals surface area contributed by atoms with Crippen molar-refractivity contribution in [2.45, 2.75) is 35.8 Å². The van der Waals surface area contributed by atoms with Crippen LogP contribution in [0.15, 0.2) is 18.2 Å². The first-order valence-electron chi connectivity index (χ1n) is 9.99. The first-order valence-corrected chi connectivity index (χ1v) is 11.5. The molecule has 1 fully saturated rings. The molecule has 0 aromatic heterocycles. The van der Waals surface area contributed by atoms with Gasteiger partial charge >= 0.3 is 0 Å². The van der Waals surface area contributed by atoms with Gasteiger partial charge in [-0.15, -0.1) is 0 Å². The van der Waals surface area contributed by atoms with Gasteiger partial charge in [0.1, 0.15) is 57.7 Å². The summed E-state index contributed by atoms with van der Waals surface area (Å²) in [5, 5.41) is 1.25. The summed E-state index contributed by atoms with van der Waals surface area (Å²) in [6.45, 7) is 0.441. The smallest absolute Gasteiger partial charge is 0.146 e. The molecule has 0 spiro atoms. The zero-order chi connectivity index (χ0) is 23.3. The first kappa shape index (κ1) is 27.9. The molecule has 2 rings (SSSR count). The molecule has 0 amide bonds. The second kappa shape index (κ2) is 15.5. The lowest BCUT2D eigenvalue weighted by atomic mass is 9.90. The Morgan fingerprint density at radius 1 is 0.844 bits per heavy atom.